The average Bonchev–Trinajstić information content (AvgIpc) is 2.86. The Balaban J connectivity index is 1.91. The molecule has 6 heteroatoms. The Morgan fingerprint density at radius 1 is 1.37 bits per heavy atom. The summed E-state index contributed by atoms with van der Waals surface area (Å²) >= 11 is 0. The summed E-state index contributed by atoms with van der Waals surface area (Å²) < 4.78 is 39.2. The molecule has 1 aliphatic heterocycles. The molecule has 1 unspecified atom stereocenters. The van der Waals surface area contributed by atoms with Crippen LogP contribution < -0.4 is 10.6 Å². The number of rotatable bonds is 4. The zero-order valence-corrected chi connectivity index (χ0v) is 10.3. The van der Waals surface area contributed by atoms with Gasteiger partial charge in [-0.25, -0.2) is 13.2 Å². The van der Waals surface area contributed by atoms with Crippen molar-refractivity contribution in [3.05, 3.63) is 29.6 Å². The van der Waals surface area contributed by atoms with Gasteiger partial charge in [-0.2, -0.15) is 0 Å². The van der Waals surface area contributed by atoms with Gasteiger partial charge in [0.15, 0.2) is 11.6 Å². The van der Waals surface area contributed by atoms with Gasteiger partial charge in [-0.05, 0) is 31.8 Å². The maximum Gasteiger partial charge on any atom is 0.224 e. The van der Waals surface area contributed by atoms with Crippen molar-refractivity contribution in [3.8, 4) is 0 Å². The van der Waals surface area contributed by atoms with Crippen LogP contribution in [0.2, 0.25) is 0 Å². The monoisotopic (exact) mass is 272 g/mol. The van der Waals surface area contributed by atoms with Crippen LogP contribution in [0.5, 0.6) is 0 Å². The number of hydrogen-bond acceptors (Lipinski definition) is 2. The lowest BCUT2D eigenvalue weighted by Gasteiger charge is -2.09. The van der Waals surface area contributed by atoms with Gasteiger partial charge >= 0.3 is 0 Å². The van der Waals surface area contributed by atoms with E-state index in [1.165, 1.54) is 0 Å². The van der Waals surface area contributed by atoms with Gasteiger partial charge in [0.1, 0.15) is 5.82 Å². The summed E-state index contributed by atoms with van der Waals surface area (Å²) in [6.45, 7) is 1.81. The smallest absolute Gasteiger partial charge is 0.224 e. The molecule has 1 amide bonds. The van der Waals surface area contributed by atoms with E-state index in [9.17, 15) is 18.0 Å². The van der Waals surface area contributed by atoms with Gasteiger partial charge in [-0.1, -0.05) is 0 Å². The molecular weight excluding hydrogens is 257 g/mol. The van der Waals surface area contributed by atoms with Gasteiger partial charge < -0.3 is 10.6 Å². The third kappa shape index (κ3) is 3.70. The molecular formula is C13H15F3N2O. The predicted molar refractivity (Wildman–Crippen MR) is 65.2 cm³/mol. The Labute approximate surface area is 109 Å². The van der Waals surface area contributed by atoms with E-state index in [0.717, 1.165) is 25.6 Å². The molecule has 19 heavy (non-hydrogen) atoms. The zero-order chi connectivity index (χ0) is 13.8. The number of carbonyl (C=O) groups excluding carboxylic acids is 1. The molecule has 1 heterocycles. The highest BCUT2D eigenvalue weighted by Crippen LogP contribution is 2.20. The van der Waals surface area contributed by atoms with Crippen LogP contribution in [0.3, 0.4) is 0 Å². The molecule has 0 bridgehead atoms. The minimum atomic E-state index is -1.31. The SMILES string of the molecule is O=C(CCC1CCNC1)Nc1cc(F)cc(F)c1F. The maximum absolute atomic E-state index is 13.3. The zero-order valence-electron chi connectivity index (χ0n) is 10.3. The predicted octanol–water partition coefficient (Wildman–Crippen LogP) is 2.43. The summed E-state index contributed by atoms with van der Waals surface area (Å²) in [5, 5.41) is 5.38. The molecule has 2 rings (SSSR count). The van der Waals surface area contributed by atoms with E-state index in [0.29, 0.717) is 18.4 Å². The Bertz CT molecular complexity index is 473. The van der Waals surface area contributed by atoms with E-state index in [2.05, 4.69) is 10.6 Å². The molecule has 0 aliphatic carbocycles. The molecule has 2 N–H and O–H groups in total. The van der Waals surface area contributed by atoms with E-state index in [1.54, 1.807) is 0 Å². The van der Waals surface area contributed by atoms with Crippen LogP contribution in [0.1, 0.15) is 19.3 Å². The number of carbonyl (C=O) groups is 1. The van der Waals surface area contributed by atoms with Crippen molar-refractivity contribution < 1.29 is 18.0 Å². The van der Waals surface area contributed by atoms with Gasteiger partial charge in [0.2, 0.25) is 5.91 Å². The van der Waals surface area contributed by atoms with Crippen molar-refractivity contribution in [2.24, 2.45) is 5.92 Å². The van der Waals surface area contributed by atoms with E-state index >= 15 is 0 Å². The molecule has 0 saturated carbocycles. The molecule has 1 aliphatic rings. The van der Waals surface area contributed by atoms with E-state index in [-0.39, 0.29) is 6.42 Å². The average molecular weight is 272 g/mol. The largest absolute Gasteiger partial charge is 0.323 e. The Morgan fingerprint density at radius 3 is 2.84 bits per heavy atom. The summed E-state index contributed by atoms with van der Waals surface area (Å²) in [4.78, 5) is 11.6. The van der Waals surface area contributed by atoms with Crippen LogP contribution in [0.25, 0.3) is 0 Å². The van der Waals surface area contributed by atoms with Crippen LogP contribution in [0.15, 0.2) is 12.1 Å². The van der Waals surface area contributed by atoms with E-state index < -0.39 is 29.0 Å². The second-order valence-electron chi connectivity index (χ2n) is 4.69. The molecule has 0 radical (unpaired) electrons. The normalized spacial score (nSPS) is 18.6. The van der Waals surface area contributed by atoms with Crippen molar-refractivity contribution in [1.82, 2.24) is 5.32 Å². The van der Waals surface area contributed by atoms with Crippen LogP contribution in [0.4, 0.5) is 18.9 Å². The fourth-order valence-electron chi connectivity index (χ4n) is 2.16. The Hall–Kier alpha value is -1.56. The van der Waals surface area contributed by atoms with Crippen molar-refractivity contribution in [1.29, 1.82) is 0 Å². The van der Waals surface area contributed by atoms with Gasteiger partial charge in [0, 0.05) is 18.6 Å². The summed E-state index contributed by atoms with van der Waals surface area (Å²) in [6, 6.07) is 1.21. The van der Waals surface area contributed by atoms with Crippen molar-refractivity contribution in [3.63, 3.8) is 0 Å². The minimum absolute atomic E-state index is 0.212. The van der Waals surface area contributed by atoms with Crippen LogP contribution in [0, 0.1) is 23.4 Å². The molecule has 1 aromatic rings. The fourth-order valence-corrected chi connectivity index (χ4v) is 2.16. The molecule has 3 nitrogen and oxygen atoms in total. The Morgan fingerprint density at radius 2 is 2.16 bits per heavy atom. The molecule has 1 fully saturated rings. The third-order valence-corrected chi connectivity index (χ3v) is 3.21. The molecule has 0 spiro atoms. The first-order chi connectivity index (χ1) is 9.06. The lowest BCUT2D eigenvalue weighted by Crippen LogP contribution is -2.16. The first-order valence-corrected chi connectivity index (χ1v) is 6.21. The quantitative estimate of drug-likeness (QED) is 0.827. The van der Waals surface area contributed by atoms with Crippen molar-refractivity contribution in [2.45, 2.75) is 19.3 Å². The highest BCUT2D eigenvalue weighted by atomic mass is 19.2. The summed E-state index contributed by atoms with van der Waals surface area (Å²) in [5.41, 5.74) is -0.452. The fraction of sp³-hybridized carbons (Fsp3) is 0.462. The number of anilines is 1. The van der Waals surface area contributed by atoms with E-state index in [4.69, 9.17) is 0 Å². The summed E-state index contributed by atoms with van der Waals surface area (Å²) in [6.07, 6.45) is 1.90. The second kappa shape index (κ2) is 6.06. The Kier molecular flexibility index (Phi) is 4.42. The van der Waals surface area contributed by atoms with E-state index in [1.807, 2.05) is 0 Å². The van der Waals surface area contributed by atoms with Gasteiger partial charge in [0.25, 0.3) is 0 Å². The van der Waals surface area contributed by atoms with Gasteiger partial charge in [-0.15, -0.1) is 0 Å². The minimum Gasteiger partial charge on any atom is -0.323 e. The number of amides is 1. The van der Waals surface area contributed by atoms with Crippen LogP contribution >= 0.6 is 0 Å². The maximum atomic E-state index is 13.3. The topological polar surface area (TPSA) is 41.1 Å². The van der Waals surface area contributed by atoms with Gasteiger partial charge in [0.05, 0.1) is 5.69 Å². The molecule has 1 aromatic carbocycles. The lowest BCUT2D eigenvalue weighted by molar-refractivity contribution is -0.116. The molecule has 1 atom stereocenters. The number of halogens is 3. The van der Waals surface area contributed by atoms with Crippen molar-refractivity contribution in [2.75, 3.05) is 18.4 Å². The standard InChI is InChI=1S/C13H15F3N2O/c14-9-5-10(15)13(16)11(6-9)18-12(19)2-1-8-3-4-17-7-8/h5-6,8,17H,1-4,7H2,(H,18,19). The summed E-state index contributed by atoms with van der Waals surface area (Å²) in [7, 11) is 0. The first kappa shape index (κ1) is 13.9. The molecule has 0 aromatic heterocycles. The van der Waals surface area contributed by atoms with Crippen molar-refractivity contribution >= 4 is 11.6 Å². The van der Waals surface area contributed by atoms with Crippen LogP contribution in [-0.4, -0.2) is 19.0 Å². The second-order valence-corrected chi connectivity index (χ2v) is 4.69. The highest BCUT2D eigenvalue weighted by molar-refractivity contribution is 5.90. The number of benzene rings is 1. The first-order valence-electron chi connectivity index (χ1n) is 6.21. The lowest BCUT2D eigenvalue weighted by atomic mass is 10.0. The highest BCUT2D eigenvalue weighted by Gasteiger charge is 2.17. The van der Waals surface area contributed by atoms with Gasteiger partial charge in [-0.3, -0.25) is 4.79 Å². The number of hydrogen-bond donors (Lipinski definition) is 2. The summed E-state index contributed by atoms with van der Waals surface area (Å²) in [5.74, 6) is -3.47. The number of nitrogens with one attached hydrogen (secondary N) is 2. The van der Waals surface area contributed by atoms with Crippen LogP contribution in [-0.2, 0) is 4.79 Å². The molecule has 1 saturated heterocycles. The molecule has 104 valence electrons. The third-order valence-electron chi connectivity index (χ3n) is 3.21.